The van der Waals surface area contributed by atoms with Crippen LogP contribution in [0.1, 0.15) is 24.8 Å². The highest BCUT2D eigenvalue weighted by atomic mass is 32.2. The number of nitrogens with one attached hydrogen (secondary N) is 1. The predicted octanol–water partition coefficient (Wildman–Crippen LogP) is 2.00. The maximum absolute atomic E-state index is 13.0. The first-order valence-electron chi connectivity index (χ1n) is 8.14. The SMILES string of the molecule is COc1ccc(C(F)(F)F)cc1S(=O)(=O)N1CCCC2(CCNC2=O)C1. The molecule has 2 saturated heterocycles. The van der Waals surface area contributed by atoms with E-state index in [4.69, 9.17) is 4.74 Å². The number of benzene rings is 1. The Morgan fingerprint density at radius 1 is 1.27 bits per heavy atom. The first-order valence-corrected chi connectivity index (χ1v) is 9.58. The summed E-state index contributed by atoms with van der Waals surface area (Å²) < 4.78 is 71.2. The van der Waals surface area contributed by atoms with Crippen LogP contribution in [0.25, 0.3) is 0 Å². The van der Waals surface area contributed by atoms with Gasteiger partial charge >= 0.3 is 6.18 Å². The van der Waals surface area contributed by atoms with Gasteiger partial charge < -0.3 is 10.1 Å². The number of sulfonamides is 1. The lowest BCUT2D eigenvalue weighted by atomic mass is 9.79. The van der Waals surface area contributed by atoms with Crippen LogP contribution in [0.15, 0.2) is 23.1 Å². The minimum absolute atomic E-state index is 0.0411. The standard InChI is InChI=1S/C16H19F3N2O4S/c1-25-12-4-3-11(16(17,18)19)9-13(12)26(23,24)21-8-2-5-15(10-21)6-7-20-14(15)22/h3-4,9H,2,5-8,10H2,1H3,(H,20,22). The average Bonchev–Trinajstić information content (AvgIpc) is 2.93. The molecular formula is C16H19F3N2O4S. The van der Waals surface area contributed by atoms with Crippen molar-refractivity contribution in [2.24, 2.45) is 5.41 Å². The molecule has 6 nitrogen and oxygen atoms in total. The second-order valence-corrected chi connectivity index (χ2v) is 8.50. The van der Waals surface area contributed by atoms with Crippen LogP contribution in [0.4, 0.5) is 13.2 Å². The van der Waals surface area contributed by atoms with E-state index in [0.717, 1.165) is 16.4 Å². The molecule has 1 aromatic carbocycles. The summed E-state index contributed by atoms with van der Waals surface area (Å²) in [5.74, 6) is -0.359. The number of nitrogens with zero attached hydrogens (tertiary/aromatic N) is 1. The molecule has 0 saturated carbocycles. The molecule has 2 heterocycles. The van der Waals surface area contributed by atoms with Crippen molar-refractivity contribution >= 4 is 15.9 Å². The Balaban J connectivity index is 2.01. The number of piperidine rings is 1. The summed E-state index contributed by atoms with van der Waals surface area (Å²) in [6.45, 7) is 0.580. The maximum atomic E-state index is 13.0. The highest BCUT2D eigenvalue weighted by Crippen LogP contribution is 2.40. The van der Waals surface area contributed by atoms with Gasteiger partial charge in [-0.1, -0.05) is 0 Å². The van der Waals surface area contributed by atoms with Gasteiger partial charge in [-0.3, -0.25) is 4.79 Å². The minimum atomic E-state index is -4.68. The average molecular weight is 392 g/mol. The van der Waals surface area contributed by atoms with E-state index in [1.165, 1.54) is 7.11 Å². The van der Waals surface area contributed by atoms with Gasteiger partial charge in [-0.25, -0.2) is 8.42 Å². The number of carbonyl (C=O) groups excluding carboxylic acids is 1. The Kier molecular flexibility index (Phi) is 4.68. The van der Waals surface area contributed by atoms with E-state index in [-0.39, 0.29) is 24.7 Å². The molecular weight excluding hydrogens is 373 g/mol. The van der Waals surface area contributed by atoms with E-state index in [9.17, 15) is 26.4 Å². The van der Waals surface area contributed by atoms with Gasteiger partial charge in [0.1, 0.15) is 10.6 Å². The van der Waals surface area contributed by atoms with Gasteiger partial charge in [-0.2, -0.15) is 17.5 Å². The fourth-order valence-electron chi connectivity index (χ4n) is 3.59. The van der Waals surface area contributed by atoms with E-state index >= 15 is 0 Å². The van der Waals surface area contributed by atoms with Gasteiger partial charge in [-0.05, 0) is 37.5 Å². The first kappa shape index (κ1) is 19.0. The van der Waals surface area contributed by atoms with E-state index in [1.54, 1.807) is 0 Å². The fraction of sp³-hybridized carbons (Fsp3) is 0.562. The van der Waals surface area contributed by atoms with Crippen LogP contribution in [-0.4, -0.2) is 45.4 Å². The van der Waals surface area contributed by atoms with Gasteiger partial charge in [0.25, 0.3) is 0 Å². The summed E-state index contributed by atoms with van der Waals surface area (Å²) in [6.07, 6.45) is -3.14. The Hall–Kier alpha value is -1.81. The predicted molar refractivity (Wildman–Crippen MR) is 86.0 cm³/mol. The lowest BCUT2D eigenvalue weighted by Gasteiger charge is -2.37. The number of hydrogen-bond donors (Lipinski definition) is 1. The van der Waals surface area contributed by atoms with Crippen molar-refractivity contribution in [2.75, 3.05) is 26.7 Å². The topological polar surface area (TPSA) is 75.7 Å². The number of amides is 1. The smallest absolute Gasteiger partial charge is 0.416 e. The number of rotatable bonds is 3. The zero-order chi connectivity index (χ0) is 19.2. The molecule has 1 atom stereocenters. The molecule has 2 aliphatic heterocycles. The lowest BCUT2D eigenvalue weighted by Crippen LogP contribution is -2.49. The van der Waals surface area contributed by atoms with Crippen molar-refractivity contribution in [3.05, 3.63) is 23.8 Å². The number of alkyl halides is 3. The summed E-state index contributed by atoms with van der Waals surface area (Å²) in [6, 6.07) is 2.36. The second-order valence-electron chi connectivity index (χ2n) is 6.59. The number of carbonyl (C=O) groups is 1. The quantitative estimate of drug-likeness (QED) is 0.854. The monoisotopic (exact) mass is 392 g/mol. The van der Waals surface area contributed by atoms with Crippen LogP contribution in [-0.2, 0) is 21.0 Å². The Morgan fingerprint density at radius 3 is 2.58 bits per heavy atom. The third kappa shape index (κ3) is 3.16. The molecule has 1 N–H and O–H groups in total. The normalized spacial score (nSPS) is 24.7. The Labute approximate surface area is 149 Å². The van der Waals surface area contributed by atoms with Gasteiger partial charge in [0.2, 0.25) is 15.9 Å². The molecule has 1 spiro atoms. The third-order valence-electron chi connectivity index (χ3n) is 5.02. The molecule has 2 aliphatic rings. The van der Waals surface area contributed by atoms with Crippen molar-refractivity contribution in [3.63, 3.8) is 0 Å². The van der Waals surface area contributed by atoms with Crippen LogP contribution in [0, 0.1) is 5.41 Å². The molecule has 144 valence electrons. The minimum Gasteiger partial charge on any atom is -0.495 e. The van der Waals surface area contributed by atoms with Crippen LogP contribution in [0.5, 0.6) is 5.75 Å². The van der Waals surface area contributed by atoms with E-state index in [2.05, 4.69) is 5.32 Å². The zero-order valence-electron chi connectivity index (χ0n) is 14.1. The number of hydrogen-bond acceptors (Lipinski definition) is 4. The van der Waals surface area contributed by atoms with Crippen molar-refractivity contribution < 1.29 is 31.1 Å². The van der Waals surface area contributed by atoms with Gasteiger partial charge in [-0.15, -0.1) is 0 Å². The molecule has 1 unspecified atom stereocenters. The van der Waals surface area contributed by atoms with Crippen molar-refractivity contribution in [3.8, 4) is 5.75 Å². The largest absolute Gasteiger partial charge is 0.495 e. The van der Waals surface area contributed by atoms with Crippen LogP contribution in [0.2, 0.25) is 0 Å². The molecule has 2 fully saturated rings. The van der Waals surface area contributed by atoms with Gasteiger partial charge in [0, 0.05) is 19.6 Å². The molecule has 0 aromatic heterocycles. The molecule has 0 aliphatic carbocycles. The summed E-state index contributed by atoms with van der Waals surface area (Å²) in [7, 11) is -3.05. The fourth-order valence-corrected chi connectivity index (χ4v) is 5.34. The van der Waals surface area contributed by atoms with E-state index in [1.807, 2.05) is 0 Å². The zero-order valence-corrected chi connectivity index (χ0v) is 14.9. The molecule has 10 heteroatoms. The number of ether oxygens (including phenoxy) is 1. The Morgan fingerprint density at radius 2 is 2.00 bits per heavy atom. The number of methoxy groups -OCH3 is 1. The van der Waals surface area contributed by atoms with E-state index < -0.39 is 32.1 Å². The third-order valence-corrected chi connectivity index (χ3v) is 6.89. The summed E-state index contributed by atoms with van der Waals surface area (Å²) in [4.78, 5) is 11.6. The molecule has 3 rings (SSSR count). The molecule has 1 amide bonds. The van der Waals surface area contributed by atoms with Crippen molar-refractivity contribution in [1.82, 2.24) is 9.62 Å². The van der Waals surface area contributed by atoms with Crippen LogP contribution in [0.3, 0.4) is 0 Å². The molecule has 1 aromatic rings. The van der Waals surface area contributed by atoms with E-state index in [0.29, 0.717) is 31.9 Å². The van der Waals surface area contributed by atoms with Crippen LogP contribution < -0.4 is 10.1 Å². The maximum Gasteiger partial charge on any atom is 0.416 e. The lowest BCUT2D eigenvalue weighted by molar-refractivity contribution is -0.137. The Bertz CT molecular complexity index is 825. The summed E-state index contributed by atoms with van der Waals surface area (Å²) in [5, 5.41) is 2.71. The van der Waals surface area contributed by atoms with Crippen molar-refractivity contribution in [1.29, 1.82) is 0 Å². The van der Waals surface area contributed by atoms with Crippen molar-refractivity contribution in [2.45, 2.75) is 30.3 Å². The van der Waals surface area contributed by atoms with Crippen LogP contribution >= 0.6 is 0 Å². The molecule has 0 bridgehead atoms. The molecule has 0 radical (unpaired) electrons. The van der Waals surface area contributed by atoms with Gasteiger partial charge in [0.05, 0.1) is 18.1 Å². The first-order chi connectivity index (χ1) is 12.1. The highest BCUT2D eigenvalue weighted by Gasteiger charge is 2.48. The highest BCUT2D eigenvalue weighted by molar-refractivity contribution is 7.89. The summed E-state index contributed by atoms with van der Waals surface area (Å²) >= 11 is 0. The number of halogens is 3. The summed E-state index contributed by atoms with van der Waals surface area (Å²) in [5.41, 5.74) is -1.87. The second kappa shape index (κ2) is 6.41. The molecule has 26 heavy (non-hydrogen) atoms. The van der Waals surface area contributed by atoms with Gasteiger partial charge in [0.15, 0.2) is 0 Å².